The number of ketones is 1. The predicted molar refractivity (Wildman–Crippen MR) is 118 cm³/mol. The van der Waals surface area contributed by atoms with Crippen molar-refractivity contribution >= 4 is 17.4 Å². The molecule has 3 rings (SSSR count). The van der Waals surface area contributed by atoms with Gasteiger partial charge in [-0.05, 0) is 61.7 Å². The van der Waals surface area contributed by atoms with E-state index in [1.807, 2.05) is 33.8 Å². The minimum atomic E-state index is -0.764. The van der Waals surface area contributed by atoms with E-state index in [4.69, 9.17) is 10.00 Å². The first-order chi connectivity index (χ1) is 14.7. The summed E-state index contributed by atoms with van der Waals surface area (Å²) in [5, 5.41) is 19.7. The molecule has 0 saturated carbocycles. The zero-order chi connectivity index (χ0) is 22.7. The zero-order valence-corrected chi connectivity index (χ0v) is 18.1. The Labute approximate surface area is 182 Å². The number of benzene rings is 2. The van der Waals surface area contributed by atoms with Gasteiger partial charge in [-0.1, -0.05) is 26.0 Å². The van der Waals surface area contributed by atoms with Gasteiger partial charge in [0.2, 0.25) is 0 Å². The van der Waals surface area contributed by atoms with E-state index >= 15 is 0 Å². The summed E-state index contributed by atoms with van der Waals surface area (Å²) in [7, 11) is 0. The van der Waals surface area contributed by atoms with Crippen LogP contribution in [-0.4, -0.2) is 22.9 Å². The lowest BCUT2D eigenvalue weighted by molar-refractivity contribution is -0.118. The molecule has 0 bridgehead atoms. The number of anilines is 1. The Morgan fingerprint density at radius 3 is 2.23 bits per heavy atom. The predicted octanol–water partition coefficient (Wildman–Crippen LogP) is 4.86. The molecule has 1 N–H and O–H groups in total. The number of nitriles is 1. The summed E-state index contributed by atoms with van der Waals surface area (Å²) in [6, 6.07) is 14.9. The average molecular weight is 418 g/mol. The Morgan fingerprint density at radius 1 is 1.10 bits per heavy atom. The summed E-state index contributed by atoms with van der Waals surface area (Å²) in [6.45, 7) is 7.69. The van der Waals surface area contributed by atoms with Crippen LogP contribution in [0.15, 0.2) is 59.9 Å². The summed E-state index contributed by atoms with van der Waals surface area (Å²) in [4.78, 5) is 27.5. The maximum absolute atomic E-state index is 13.0. The molecule has 0 radical (unpaired) electrons. The number of amides is 1. The lowest BCUT2D eigenvalue weighted by Crippen LogP contribution is -2.31. The number of hydrogen-bond donors (Lipinski definition) is 1. The number of Topliss-reactive ketones (excluding diaryl/α,β-unsaturated/α-hetero) is 1. The van der Waals surface area contributed by atoms with E-state index in [1.54, 1.807) is 48.5 Å². The molecule has 2 aromatic carbocycles. The van der Waals surface area contributed by atoms with Crippen molar-refractivity contribution in [2.45, 2.75) is 46.3 Å². The maximum Gasteiger partial charge on any atom is 0.294 e. The van der Waals surface area contributed by atoms with Crippen molar-refractivity contribution in [2.24, 2.45) is 5.92 Å². The van der Waals surface area contributed by atoms with E-state index < -0.39 is 17.7 Å². The number of carbonyl (C=O) groups is 2. The molecule has 2 aromatic rings. The number of aliphatic hydroxyl groups excluding tert-OH is 1. The molecule has 6 heteroatoms. The van der Waals surface area contributed by atoms with E-state index in [0.717, 1.165) is 0 Å². The molecule has 0 fully saturated rings. The molecular formula is C25H26N2O4. The molecule has 0 saturated heterocycles. The van der Waals surface area contributed by atoms with Crippen LogP contribution in [0.2, 0.25) is 0 Å². The molecule has 31 heavy (non-hydrogen) atoms. The Hall–Kier alpha value is -3.59. The van der Waals surface area contributed by atoms with Gasteiger partial charge in [0.25, 0.3) is 5.91 Å². The summed E-state index contributed by atoms with van der Waals surface area (Å²) in [6.07, 6.45) is 0.236. The normalized spacial score (nSPS) is 16.2. The Balaban J connectivity index is 2.08. The number of hydrogen-bond acceptors (Lipinski definition) is 5. The maximum atomic E-state index is 13.0. The van der Waals surface area contributed by atoms with Gasteiger partial charge in [0.05, 0.1) is 29.4 Å². The fraction of sp³-hybridized carbons (Fsp3) is 0.320. The van der Waals surface area contributed by atoms with Gasteiger partial charge in [0.1, 0.15) is 5.75 Å². The fourth-order valence-corrected chi connectivity index (χ4v) is 3.65. The molecule has 1 aliphatic heterocycles. The standard InChI is InChI=1S/C25H26N2O4/c1-15(2)13-21(28)22-23(18-7-11-20(12-8-18)31-16(3)4)27(25(30)24(22)29)19-9-5-17(14-26)6-10-19/h5-12,15-16,23,29H,13H2,1-4H3. The summed E-state index contributed by atoms with van der Waals surface area (Å²) in [5.41, 5.74) is 1.73. The van der Waals surface area contributed by atoms with E-state index in [-0.39, 0.29) is 29.8 Å². The van der Waals surface area contributed by atoms with Crippen LogP contribution in [0, 0.1) is 17.2 Å². The van der Waals surface area contributed by atoms with Crippen LogP contribution in [0.25, 0.3) is 0 Å². The molecule has 6 nitrogen and oxygen atoms in total. The number of carbonyl (C=O) groups excluding carboxylic acids is 2. The van der Waals surface area contributed by atoms with Crippen molar-refractivity contribution in [3.63, 3.8) is 0 Å². The van der Waals surface area contributed by atoms with Crippen LogP contribution in [0.1, 0.15) is 51.3 Å². The number of ether oxygens (including phenoxy) is 1. The molecular weight excluding hydrogens is 392 g/mol. The van der Waals surface area contributed by atoms with E-state index in [1.165, 1.54) is 4.90 Å². The van der Waals surface area contributed by atoms with Gasteiger partial charge in [0, 0.05) is 12.1 Å². The minimum absolute atomic E-state index is 0.0150. The van der Waals surface area contributed by atoms with Gasteiger partial charge in [-0.3, -0.25) is 14.5 Å². The highest BCUT2D eigenvalue weighted by molar-refractivity contribution is 6.16. The third-order valence-electron chi connectivity index (χ3n) is 4.94. The van der Waals surface area contributed by atoms with Crippen LogP contribution in [0.3, 0.4) is 0 Å². The second kappa shape index (κ2) is 9.05. The molecule has 0 aromatic heterocycles. The lowest BCUT2D eigenvalue weighted by atomic mass is 9.92. The topological polar surface area (TPSA) is 90.6 Å². The lowest BCUT2D eigenvalue weighted by Gasteiger charge is -2.27. The third-order valence-corrected chi connectivity index (χ3v) is 4.94. The zero-order valence-electron chi connectivity index (χ0n) is 18.1. The van der Waals surface area contributed by atoms with E-state index in [2.05, 4.69) is 0 Å². The molecule has 1 atom stereocenters. The van der Waals surface area contributed by atoms with E-state index in [0.29, 0.717) is 22.6 Å². The van der Waals surface area contributed by atoms with Crippen LogP contribution in [0.4, 0.5) is 5.69 Å². The van der Waals surface area contributed by atoms with Crippen molar-refractivity contribution in [1.29, 1.82) is 5.26 Å². The van der Waals surface area contributed by atoms with Crippen molar-refractivity contribution in [3.05, 3.63) is 71.0 Å². The van der Waals surface area contributed by atoms with Gasteiger partial charge in [-0.15, -0.1) is 0 Å². The monoisotopic (exact) mass is 418 g/mol. The van der Waals surface area contributed by atoms with Crippen molar-refractivity contribution in [2.75, 3.05) is 4.90 Å². The highest BCUT2D eigenvalue weighted by Gasteiger charge is 2.44. The van der Waals surface area contributed by atoms with Crippen LogP contribution >= 0.6 is 0 Å². The Bertz CT molecular complexity index is 1040. The van der Waals surface area contributed by atoms with Crippen molar-refractivity contribution in [3.8, 4) is 11.8 Å². The van der Waals surface area contributed by atoms with Crippen LogP contribution in [0.5, 0.6) is 5.75 Å². The van der Waals surface area contributed by atoms with Crippen LogP contribution in [-0.2, 0) is 9.59 Å². The van der Waals surface area contributed by atoms with Gasteiger partial charge >= 0.3 is 0 Å². The van der Waals surface area contributed by atoms with Gasteiger partial charge in [-0.2, -0.15) is 5.26 Å². The first kappa shape index (κ1) is 22.1. The number of aliphatic hydroxyl groups is 1. The second-order valence-corrected chi connectivity index (χ2v) is 8.26. The molecule has 0 spiro atoms. The van der Waals surface area contributed by atoms with Gasteiger partial charge in [0.15, 0.2) is 11.5 Å². The SMILES string of the molecule is CC(C)CC(=O)C1=C(O)C(=O)N(c2ccc(C#N)cc2)C1c1ccc(OC(C)C)cc1. The number of nitrogens with zero attached hydrogens (tertiary/aromatic N) is 2. The third kappa shape index (κ3) is 4.61. The Kier molecular flexibility index (Phi) is 6.45. The van der Waals surface area contributed by atoms with Crippen molar-refractivity contribution < 1.29 is 19.4 Å². The molecule has 1 unspecified atom stereocenters. The largest absolute Gasteiger partial charge is 0.503 e. The highest BCUT2D eigenvalue weighted by atomic mass is 16.5. The second-order valence-electron chi connectivity index (χ2n) is 8.26. The Morgan fingerprint density at radius 2 is 1.71 bits per heavy atom. The van der Waals surface area contributed by atoms with E-state index in [9.17, 15) is 14.7 Å². The highest BCUT2D eigenvalue weighted by Crippen LogP contribution is 2.42. The quantitative estimate of drug-likeness (QED) is 0.693. The smallest absolute Gasteiger partial charge is 0.294 e. The molecule has 0 aliphatic carbocycles. The number of rotatable bonds is 7. The average Bonchev–Trinajstić information content (AvgIpc) is 2.99. The first-order valence-corrected chi connectivity index (χ1v) is 10.3. The minimum Gasteiger partial charge on any atom is -0.503 e. The molecule has 160 valence electrons. The van der Waals surface area contributed by atoms with Crippen molar-refractivity contribution in [1.82, 2.24) is 0 Å². The molecule has 1 aliphatic rings. The van der Waals surface area contributed by atoms with Gasteiger partial charge < -0.3 is 9.84 Å². The summed E-state index contributed by atoms with van der Waals surface area (Å²) >= 11 is 0. The molecule has 1 amide bonds. The molecule has 1 heterocycles. The summed E-state index contributed by atoms with van der Waals surface area (Å²) in [5.74, 6) is -0.665. The van der Waals surface area contributed by atoms with Crippen LogP contribution < -0.4 is 9.64 Å². The first-order valence-electron chi connectivity index (χ1n) is 10.3. The summed E-state index contributed by atoms with van der Waals surface area (Å²) < 4.78 is 5.70. The van der Waals surface area contributed by atoms with Gasteiger partial charge in [-0.25, -0.2) is 0 Å². The fourth-order valence-electron chi connectivity index (χ4n) is 3.65.